The average Bonchev–Trinajstić information content (AvgIpc) is 2.50. The van der Waals surface area contributed by atoms with Gasteiger partial charge in [0.2, 0.25) is 0 Å². The number of hydrogen-bond donors (Lipinski definition) is 0. The summed E-state index contributed by atoms with van der Waals surface area (Å²) in [5.41, 5.74) is 1.47. The Bertz CT molecular complexity index is 411. The fourth-order valence-corrected chi connectivity index (χ4v) is 1.35. The summed E-state index contributed by atoms with van der Waals surface area (Å²) in [6.45, 7) is 0. The molecule has 0 aliphatic heterocycles. The van der Waals surface area contributed by atoms with Crippen molar-refractivity contribution in [2.75, 3.05) is 0 Å². The van der Waals surface area contributed by atoms with Gasteiger partial charge < -0.3 is 0 Å². The van der Waals surface area contributed by atoms with Gasteiger partial charge in [-0.3, -0.25) is 4.79 Å². The second-order valence-corrected chi connectivity index (χ2v) is 9.77. The predicted octanol–water partition coefficient (Wildman–Crippen LogP) is 4.49. The SMILES string of the molecule is O=C(c1ccccc1)c1ccccc1.[CH3][Sn][CH3].[CH3][Sn][CH3]. The molecule has 2 rings (SSSR count). The number of hydrogen-bond acceptors (Lipinski definition) is 1. The monoisotopic (exact) mass is 482 g/mol. The van der Waals surface area contributed by atoms with Crippen molar-refractivity contribution in [3.63, 3.8) is 0 Å². The third-order valence-corrected chi connectivity index (χ3v) is 2.07. The van der Waals surface area contributed by atoms with Gasteiger partial charge in [-0.25, -0.2) is 0 Å². The molecular formula is C17H22OSn2. The van der Waals surface area contributed by atoms with Crippen molar-refractivity contribution < 1.29 is 4.79 Å². The van der Waals surface area contributed by atoms with Crippen molar-refractivity contribution in [3.8, 4) is 0 Å². The first-order valence-corrected chi connectivity index (χ1v) is 17.9. The van der Waals surface area contributed by atoms with Gasteiger partial charge in [0.1, 0.15) is 0 Å². The van der Waals surface area contributed by atoms with Crippen LogP contribution in [0.15, 0.2) is 60.7 Å². The third kappa shape index (κ3) is 8.79. The third-order valence-electron chi connectivity index (χ3n) is 2.07. The quantitative estimate of drug-likeness (QED) is 0.458. The number of carbonyl (C=O) groups excluding carboxylic acids is 1. The van der Waals surface area contributed by atoms with Crippen molar-refractivity contribution >= 4 is 48.1 Å². The number of rotatable bonds is 2. The van der Waals surface area contributed by atoms with E-state index in [1.165, 1.54) is 0 Å². The summed E-state index contributed by atoms with van der Waals surface area (Å²) in [5.74, 6) is 0.0752. The van der Waals surface area contributed by atoms with Crippen LogP contribution in [0.1, 0.15) is 15.9 Å². The van der Waals surface area contributed by atoms with Crippen LogP contribution in [0.5, 0.6) is 0 Å². The van der Waals surface area contributed by atoms with Crippen LogP contribution in [0.4, 0.5) is 0 Å². The molecule has 0 aromatic heterocycles. The van der Waals surface area contributed by atoms with Crippen molar-refractivity contribution in [3.05, 3.63) is 71.8 Å². The zero-order valence-electron chi connectivity index (χ0n) is 12.7. The molecular weight excluding hydrogens is 458 g/mol. The van der Waals surface area contributed by atoms with Gasteiger partial charge in [-0.1, -0.05) is 60.7 Å². The first kappa shape index (κ1) is 19.7. The Morgan fingerprint density at radius 2 is 0.900 bits per heavy atom. The Hall–Kier alpha value is -0.293. The van der Waals surface area contributed by atoms with Crippen LogP contribution < -0.4 is 0 Å². The van der Waals surface area contributed by atoms with E-state index in [2.05, 4.69) is 19.8 Å². The molecule has 0 saturated heterocycles. The fraction of sp³-hybridized carbons (Fsp3) is 0.235. The molecule has 0 atom stereocenters. The van der Waals surface area contributed by atoms with E-state index in [4.69, 9.17) is 0 Å². The molecule has 1 nitrogen and oxygen atoms in total. The summed E-state index contributed by atoms with van der Waals surface area (Å²) in [6.07, 6.45) is 0. The first-order chi connectivity index (χ1) is 9.71. The summed E-state index contributed by atoms with van der Waals surface area (Å²) in [5, 5.41) is 0. The molecule has 0 spiro atoms. The van der Waals surface area contributed by atoms with Gasteiger partial charge in [-0.2, -0.15) is 0 Å². The zero-order valence-corrected chi connectivity index (χ0v) is 18.4. The minimum absolute atomic E-state index is 0.0752. The van der Waals surface area contributed by atoms with E-state index in [0.29, 0.717) is 0 Å². The van der Waals surface area contributed by atoms with Crippen LogP contribution in [0.25, 0.3) is 0 Å². The van der Waals surface area contributed by atoms with Gasteiger partial charge in [-0.15, -0.1) is 0 Å². The molecule has 0 amide bonds. The van der Waals surface area contributed by atoms with Crippen LogP contribution in [0, 0.1) is 0 Å². The van der Waals surface area contributed by atoms with E-state index in [1.807, 2.05) is 60.7 Å². The summed E-state index contributed by atoms with van der Waals surface area (Å²) < 4.78 is 0. The molecule has 20 heavy (non-hydrogen) atoms. The molecule has 2 aromatic rings. The Labute approximate surface area is 143 Å². The van der Waals surface area contributed by atoms with Crippen molar-refractivity contribution in [2.24, 2.45) is 0 Å². The Morgan fingerprint density at radius 1 is 0.650 bits per heavy atom. The summed E-state index contributed by atoms with van der Waals surface area (Å²) >= 11 is 0.460. The predicted molar refractivity (Wildman–Crippen MR) is 91.3 cm³/mol. The van der Waals surface area contributed by atoms with E-state index in [-0.39, 0.29) is 48.1 Å². The molecule has 2 aromatic carbocycles. The fourth-order valence-electron chi connectivity index (χ4n) is 1.35. The number of ketones is 1. The van der Waals surface area contributed by atoms with Crippen molar-refractivity contribution in [1.82, 2.24) is 0 Å². The Balaban J connectivity index is 0.000000520. The molecule has 104 valence electrons. The summed E-state index contributed by atoms with van der Waals surface area (Å²) in [6, 6.07) is 18.6. The number of benzene rings is 2. The summed E-state index contributed by atoms with van der Waals surface area (Å²) in [7, 11) is 0. The maximum atomic E-state index is 11.8. The average molecular weight is 480 g/mol. The van der Waals surface area contributed by atoms with Crippen LogP contribution in [0.2, 0.25) is 19.8 Å². The normalized spacial score (nSPS) is 8.60. The number of carbonyl (C=O) groups is 1. The van der Waals surface area contributed by atoms with Crippen LogP contribution >= 0.6 is 0 Å². The molecule has 0 bridgehead atoms. The summed E-state index contributed by atoms with van der Waals surface area (Å²) in [4.78, 5) is 21.0. The van der Waals surface area contributed by atoms with Crippen LogP contribution in [0.3, 0.4) is 0 Å². The van der Waals surface area contributed by atoms with Gasteiger partial charge >= 0.3 is 62.0 Å². The van der Waals surface area contributed by atoms with Crippen LogP contribution in [-0.2, 0) is 0 Å². The molecule has 0 unspecified atom stereocenters. The maximum absolute atomic E-state index is 11.8. The van der Waals surface area contributed by atoms with Gasteiger partial charge in [-0.05, 0) is 0 Å². The molecule has 4 radical (unpaired) electrons. The van der Waals surface area contributed by atoms with E-state index in [1.54, 1.807) is 0 Å². The van der Waals surface area contributed by atoms with Gasteiger partial charge in [0, 0.05) is 11.1 Å². The van der Waals surface area contributed by atoms with E-state index < -0.39 is 0 Å². The van der Waals surface area contributed by atoms with Crippen molar-refractivity contribution in [2.45, 2.75) is 19.8 Å². The van der Waals surface area contributed by atoms with Crippen LogP contribution in [-0.4, -0.2) is 48.1 Å². The topological polar surface area (TPSA) is 17.1 Å². The van der Waals surface area contributed by atoms with Gasteiger partial charge in [0.05, 0.1) is 0 Å². The molecule has 0 aliphatic carbocycles. The van der Waals surface area contributed by atoms with E-state index in [0.717, 1.165) is 11.1 Å². The molecule has 0 saturated carbocycles. The molecule has 3 heteroatoms. The van der Waals surface area contributed by atoms with Gasteiger partial charge in [0.15, 0.2) is 5.78 Å². The van der Waals surface area contributed by atoms with E-state index >= 15 is 0 Å². The van der Waals surface area contributed by atoms with E-state index in [9.17, 15) is 4.79 Å². The molecule has 0 fully saturated rings. The van der Waals surface area contributed by atoms with Crippen molar-refractivity contribution in [1.29, 1.82) is 0 Å². The molecule has 0 heterocycles. The Kier molecular flexibility index (Phi) is 13.5. The van der Waals surface area contributed by atoms with Gasteiger partial charge in [0.25, 0.3) is 0 Å². The minimum atomic E-state index is 0.0752. The Morgan fingerprint density at radius 3 is 1.15 bits per heavy atom. The molecule has 0 N–H and O–H groups in total. The second-order valence-electron chi connectivity index (χ2n) is 4.06. The standard InChI is InChI=1S/C13H10O.4CH3.2Sn/c14-13(11-7-3-1-4-8-11)12-9-5-2-6-10-12;;;;;;/h1-10H;4*1H3;;. The zero-order chi connectivity index (χ0) is 15.2. The first-order valence-electron chi connectivity index (χ1n) is 6.53. The molecule has 0 aliphatic rings. The second kappa shape index (κ2) is 13.7.